The molecule has 1 amide bonds. The van der Waals surface area contributed by atoms with Crippen LogP contribution in [-0.2, 0) is 0 Å². The van der Waals surface area contributed by atoms with Crippen molar-refractivity contribution in [1.82, 2.24) is 5.43 Å². The maximum atomic E-state index is 11.7. The molecule has 1 rings (SSSR count). The maximum absolute atomic E-state index is 11.7. The maximum Gasteiger partial charge on any atom is 0.275 e. The summed E-state index contributed by atoms with van der Waals surface area (Å²) >= 11 is 0. The van der Waals surface area contributed by atoms with Gasteiger partial charge in [-0.15, -0.1) is 0 Å². The van der Waals surface area contributed by atoms with Gasteiger partial charge in [0.05, 0.1) is 5.56 Å². The monoisotopic (exact) mass is 234 g/mol. The van der Waals surface area contributed by atoms with Crippen LogP contribution in [0.4, 0.5) is 0 Å². The molecular weight excluding hydrogens is 216 g/mol. The van der Waals surface area contributed by atoms with Crippen LogP contribution in [0.2, 0.25) is 0 Å². The van der Waals surface area contributed by atoms with Crippen LogP contribution in [0.25, 0.3) is 0 Å². The molecule has 92 valence electrons. The van der Waals surface area contributed by atoms with Gasteiger partial charge in [-0.05, 0) is 31.4 Å². The molecule has 4 heteroatoms. The number of carbonyl (C=O) groups excluding carboxylic acids is 1. The third kappa shape index (κ3) is 4.26. The molecule has 0 aliphatic heterocycles. The lowest BCUT2D eigenvalue weighted by molar-refractivity contribution is 0.0952. The number of nitrogens with zero attached hydrogens (tertiary/aromatic N) is 1. The average molecular weight is 234 g/mol. The summed E-state index contributed by atoms with van der Waals surface area (Å²) in [6.07, 6.45) is 0.834. The minimum absolute atomic E-state index is 0.0401. The smallest absolute Gasteiger partial charge is 0.275 e. The van der Waals surface area contributed by atoms with E-state index in [2.05, 4.69) is 24.4 Å². The Kier molecular flexibility index (Phi) is 4.69. The number of phenols is 1. The molecular formula is C13H18N2O2. The highest BCUT2D eigenvalue weighted by Crippen LogP contribution is 2.14. The topological polar surface area (TPSA) is 61.7 Å². The minimum Gasteiger partial charge on any atom is -0.507 e. The molecule has 0 fully saturated rings. The van der Waals surface area contributed by atoms with Gasteiger partial charge in [0.15, 0.2) is 0 Å². The van der Waals surface area contributed by atoms with Crippen LogP contribution in [0.15, 0.2) is 29.4 Å². The van der Waals surface area contributed by atoms with Crippen molar-refractivity contribution >= 4 is 11.6 Å². The predicted octanol–water partition coefficient (Wildman–Crippen LogP) is 2.54. The first-order chi connectivity index (χ1) is 8.00. The van der Waals surface area contributed by atoms with Gasteiger partial charge in [0, 0.05) is 5.71 Å². The molecule has 0 saturated heterocycles. The fraction of sp³-hybridized carbons (Fsp3) is 0.385. The third-order valence-electron chi connectivity index (χ3n) is 2.20. The standard InChI is InChI=1S/C13H18N2O2/c1-9(2)8-10(3)14-15-13(17)11-6-4-5-7-12(11)16/h4-7,9,16H,8H2,1-3H3,(H,15,17). The van der Waals surface area contributed by atoms with E-state index in [1.54, 1.807) is 18.2 Å². The highest BCUT2D eigenvalue weighted by molar-refractivity contribution is 5.97. The van der Waals surface area contributed by atoms with E-state index in [1.807, 2.05) is 6.92 Å². The molecule has 0 unspecified atom stereocenters. The van der Waals surface area contributed by atoms with Crippen molar-refractivity contribution in [1.29, 1.82) is 0 Å². The normalized spacial score (nSPS) is 11.6. The molecule has 0 aliphatic rings. The number of para-hydroxylation sites is 1. The van der Waals surface area contributed by atoms with Crippen LogP contribution >= 0.6 is 0 Å². The van der Waals surface area contributed by atoms with Crippen molar-refractivity contribution < 1.29 is 9.90 Å². The van der Waals surface area contributed by atoms with Crippen LogP contribution in [0.1, 0.15) is 37.6 Å². The van der Waals surface area contributed by atoms with Gasteiger partial charge < -0.3 is 5.11 Å². The van der Waals surface area contributed by atoms with Crippen LogP contribution < -0.4 is 5.43 Å². The molecule has 0 saturated carbocycles. The molecule has 4 nitrogen and oxygen atoms in total. The number of carbonyl (C=O) groups is 1. The number of rotatable bonds is 4. The minimum atomic E-state index is -0.397. The van der Waals surface area contributed by atoms with E-state index in [-0.39, 0.29) is 11.3 Å². The first-order valence-corrected chi connectivity index (χ1v) is 5.62. The lowest BCUT2D eigenvalue weighted by atomic mass is 10.1. The van der Waals surface area contributed by atoms with Crippen molar-refractivity contribution in [2.45, 2.75) is 27.2 Å². The quantitative estimate of drug-likeness (QED) is 0.621. The first kappa shape index (κ1) is 13.2. The van der Waals surface area contributed by atoms with Gasteiger partial charge in [-0.1, -0.05) is 26.0 Å². The molecule has 0 atom stereocenters. The number of nitrogens with one attached hydrogen (secondary N) is 1. The lowest BCUT2D eigenvalue weighted by Gasteiger charge is -2.05. The Balaban J connectivity index is 2.65. The molecule has 0 spiro atoms. The Hall–Kier alpha value is -1.84. The zero-order valence-electron chi connectivity index (χ0n) is 10.4. The van der Waals surface area contributed by atoms with Crippen molar-refractivity contribution in [3.63, 3.8) is 0 Å². The molecule has 0 aromatic heterocycles. The number of aromatic hydroxyl groups is 1. The summed E-state index contributed by atoms with van der Waals surface area (Å²) in [5.41, 5.74) is 3.53. The second kappa shape index (κ2) is 6.03. The molecule has 1 aromatic rings. The first-order valence-electron chi connectivity index (χ1n) is 5.62. The van der Waals surface area contributed by atoms with Gasteiger partial charge in [-0.3, -0.25) is 4.79 Å². The summed E-state index contributed by atoms with van der Waals surface area (Å²) in [5, 5.41) is 13.5. The molecule has 2 N–H and O–H groups in total. The lowest BCUT2D eigenvalue weighted by Crippen LogP contribution is -2.19. The number of hydrogen-bond acceptors (Lipinski definition) is 3. The predicted molar refractivity (Wildman–Crippen MR) is 68.1 cm³/mol. The van der Waals surface area contributed by atoms with Gasteiger partial charge in [-0.25, -0.2) is 5.43 Å². The van der Waals surface area contributed by atoms with Gasteiger partial charge in [0.1, 0.15) is 5.75 Å². The van der Waals surface area contributed by atoms with Crippen molar-refractivity contribution in [2.75, 3.05) is 0 Å². The SMILES string of the molecule is CC(CC(C)C)=NNC(=O)c1ccccc1O. The Labute approximate surface area is 101 Å². The van der Waals surface area contributed by atoms with Crippen molar-refractivity contribution in [3.8, 4) is 5.75 Å². The highest BCUT2D eigenvalue weighted by Gasteiger charge is 2.09. The van der Waals surface area contributed by atoms with Gasteiger partial charge in [0.2, 0.25) is 0 Å². The molecule has 0 radical (unpaired) electrons. The molecule has 1 aromatic carbocycles. The fourth-order valence-corrected chi connectivity index (χ4v) is 1.51. The van der Waals surface area contributed by atoms with Crippen LogP contribution in [0.5, 0.6) is 5.75 Å². The van der Waals surface area contributed by atoms with Crippen molar-refractivity contribution in [3.05, 3.63) is 29.8 Å². The highest BCUT2D eigenvalue weighted by atomic mass is 16.3. The van der Waals surface area contributed by atoms with E-state index in [0.717, 1.165) is 12.1 Å². The summed E-state index contributed by atoms with van der Waals surface area (Å²) < 4.78 is 0. The van der Waals surface area contributed by atoms with Crippen LogP contribution in [0, 0.1) is 5.92 Å². The Morgan fingerprint density at radius 2 is 2.06 bits per heavy atom. The fourth-order valence-electron chi connectivity index (χ4n) is 1.51. The second-order valence-corrected chi connectivity index (χ2v) is 4.40. The van der Waals surface area contributed by atoms with E-state index >= 15 is 0 Å². The van der Waals surface area contributed by atoms with E-state index in [0.29, 0.717) is 5.92 Å². The summed E-state index contributed by atoms with van der Waals surface area (Å²) in [5.74, 6) is 0.0636. The zero-order chi connectivity index (χ0) is 12.8. The largest absolute Gasteiger partial charge is 0.507 e. The second-order valence-electron chi connectivity index (χ2n) is 4.40. The molecule has 0 aliphatic carbocycles. The average Bonchev–Trinajstić information content (AvgIpc) is 2.25. The Morgan fingerprint density at radius 3 is 2.65 bits per heavy atom. The zero-order valence-corrected chi connectivity index (χ0v) is 10.4. The van der Waals surface area contributed by atoms with E-state index in [4.69, 9.17) is 0 Å². The summed E-state index contributed by atoms with van der Waals surface area (Å²) in [7, 11) is 0. The number of benzene rings is 1. The number of hydrazone groups is 1. The van der Waals surface area contributed by atoms with E-state index in [9.17, 15) is 9.90 Å². The molecule has 17 heavy (non-hydrogen) atoms. The van der Waals surface area contributed by atoms with Gasteiger partial charge in [0.25, 0.3) is 5.91 Å². The number of hydrogen-bond donors (Lipinski definition) is 2. The number of amides is 1. The van der Waals surface area contributed by atoms with Gasteiger partial charge in [-0.2, -0.15) is 5.10 Å². The van der Waals surface area contributed by atoms with Crippen molar-refractivity contribution in [2.24, 2.45) is 11.0 Å². The molecule has 0 heterocycles. The third-order valence-corrected chi connectivity index (χ3v) is 2.20. The summed E-state index contributed by atoms with van der Waals surface area (Å²) in [6, 6.07) is 6.39. The van der Waals surface area contributed by atoms with Crippen LogP contribution in [0.3, 0.4) is 0 Å². The van der Waals surface area contributed by atoms with E-state index in [1.165, 1.54) is 6.07 Å². The summed E-state index contributed by atoms with van der Waals surface area (Å²) in [6.45, 7) is 6.04. The van der Waals surface area contributed by atoms with Gasteiger partial charge >= 0.3 is 0 Å². The number of phenolic OH excluding ortho intramolecular Hbond substituents is 1. The van der Waals surface area contributed by atoms with Crippen LogP contribution in [-0.4, -0.2) is 16.7 Å². The summed E-state index contributed by atoms with van der Waals surface area (Å²) in [4.78, 5) is 11.7. The Bertz CT molecular complexity index is 425. The van der Waals surface area contributed by atoms with E-state index < -0.39 is 5.91 Å². The molecule has 0 bridgehead atoms. The Morgan fingerprint density at radius 1 is 1.41 bits per heavy atom.